The Morgan fingerprint density at radius 3 is 2.69 bits per heavy atom. The molecule has 0 radical (unpaired) electrons. The molecule has 0 fully saturated rings. The Morgan fingerprint density at radius 2 is 2.12 bits per heavy atom. The van der Waals surface area contributed by atoms with Crippen molar-refractivity contribution in [1.29, 1.82) is 0 Å². The molecule has 0 aliphatic rings. The van der Waals surface area contributed by atoms with Gasteiger partial charge in [-0.1, -0.05) is 12.1 Å². The number of carbonyl (C=O) groups is 1. The first kappa shape index (κ1) is 12.5. The molecule has 0 aliphatic carbocycles. The summed E-state index contributed by atoms with van der Waals surface area (Å²) in [7, 11) is 3.28. The molecule has 4 heteroatoms. The fourth-order valence-corrected chi connectivity index (χ4v) is 1.40. The third-order valence-electron chi connectivity index (χ3n) is 2.52. The van der Waals surface area contributed by atoms with Gasteiger partial charge in [-0.2, -0.15) is 0 Å². The molecule has 1 N–H and O–H groups in total. The van der Waals surface area contributed by atoms with Gasteiger partial charge in [-0.15, -0.1) is 0 Å². The summed E-state index contributed by atoms with van der Waals surface area (Å²) in [5, 5.41) is 9.56. The second kappa shape index (κ2) is 5.51. The van der Waals surface area contributed by atoms with Gasteiger partial charge in [-0.3, -0.25) is 4.79 Å². The zero-order valence-electron chi connectivity index (χ0n) is 9.80. The van der Waals surface area contributed by atoms with Gasteiger partial charge in [-0.25, -0.2) is 0 Å². The molecule has 0 saturated heterocycles. The molecule has 0 spiro atoms. The van der Waals surface area contributed by atoms with Crippen molar-refractivity contribution >= 4 is 5.91 Å². The molecule has 0 bridgehead atoms. The summed E-state index contributed by atoms with van der Waals surface area (Å²) in [6, 6.07) is 6.49. The molecule has 1 amide bonds. The van der Waals surface area contributed by atoms with Gasteiger partial charge in [0.25, 0.3) is 5.91 Å². The summed E-state index contributed by atoms with van der Waals surface area (Å²) >= 11 is 0. The van der Waals surface area contributed by atoms with Crippen LogP contribution in [0.3, 0.4) is 0 Å². The van der Waals surface area contributed by atoms with E-state index in [1.165, 1.54) is 6.07 Å². The maximum absolute atomic E-state index is 12.0. The third-order valence-corrected chi connectivity index (χ3v) is 2.52. The number of methoxy groups -OCH3 is 1. The van der Waals surface area contributed by atoms with Crippen molar-refractivity contribution < 1.29 is 14.6 Å². The van der Waals surface area contributed by atoms with Crippen molar-refractivity contribution in [3.8, 4) is 5.75 Å². The second-order valence-corrected chi connectivity index (χ2v) is 3.74. The Hall–Kier alpha value is -1.55. The van der Waals surface area contributed by atoms with E-state index in [0.717, 1.165) is 0 Å². The molecule has 4 nitrogen and oxygen atoms in total. The van der Waals surface area contributed by atoms with Gasteiger partial charge < -0.3 is 14.7 Å². The van der Waals surface area contributed by atoms with Crippen LogP contribution in [0.5, 0.6) is 5.75 Å². The van der Waals surface area contributed by atoms with Gasteiger partial charge in [0, 0.05) is 14.2 Å². The lowest BCUT2D eigenvalue weighted by Gasteiger charge is -2.24. The van der Waals surface area contributed by atoms with Crippen LogP contribution in [0.25, 0.3) is 0 Å². The van der Waals surface area contributed by atoms with Crippen molar-refractivity contribution in [2.45, 2.75) is 13.0 Å². The summed E-state index contributed by atoms with van der Waals surface area (Å²) in [4.78, 5) is 13.5. The fraction of sp³-hybridized carbons (Fsp3) is 0.417. The molecular weight excluding hydrogens is 206 g/mol. The van der Waals surface area contributed by atoms with Crippen molar-refractivity contribution in [3.63, 3.8) is 0 Å². The third kappa shape index (κ3) is 2.73. The molecule has 1 aromatic rings. The molecule has 0 heterocycles. The van der Waals surface area contributed by atoms with E-state index in [1.54, 1.807) is 37.3 Å². The summed E-state index contributed by atoms with van der Waals surface area (Å²) in [6.45, 7) is 2.36. The summed E-state index contributed by atoms with van der Waals surface area (Å²) in [5.41, 5.74) is 0.313. The summed E-state index contributed by atoms with van der Waals surface area (Å²) in [5.74, 6) is -0.202. The van der Waals surface area contributed by atoms with E-state index in [1.807, 2.05) is 6.92 Å². The van der Waals surface area contributed by atoms with Crippen LogP contribution in [0.4, 0.5) is 0 Å². The summed E-state index contributed by atoms with van der Waals surface area (Å²) in [6.07, 6.45) is 0. The van der Waals surface area contributed by atoms with Gasteiger partial charge in [0.2, 0.25) is 0 Å². The minimum Gasteiger partial charge on any atom is -0.507 e. The molecular formula is C12H17NO3. The Morgan fingerprint density at radius 1 is 1.50 bits per heavy atom. The Balaban J connectivity index is 2.82. The number of amides is 1. The van der Waals surface area contributed by atoms with E-state index in [2.05, 4.69) is 0 Å². The number of phenols is 1. The average molecular weight is 223 g/mol. The molecule has 1 rings (SSSR count). The lowest BCUT2D eigenvalue weighted by atomic mass is 10.1. The van der Waals surface area contributed by atoms with E-state index in [9.17, 15) is 9.90 Å². The lowest BCUT2D eigenvalue weighted by molar-refractivity contribution is 0.0631. The molecule has 1 unspecified atom stereocenters. The normalized spacial score (nSPS) is 12.2. The standard InChI is InChI=1S/C12H17NO3/c1-9(8-16-3)13(2)12(15)10-6-4-5-7-11(10)14/h4-7,9,14H,8H2,1-3H3. The smallest absolute Gasteiger partial charge is 0.257 e. The minimum absolute atomic E-state index is 0.00367. The summed E-state index contributed by atoms with van der Waals surface area (Å²) < 4.78 is 4.98. The number of phenolic OH excluding ortho intramolecular Hbond substituents is 1. The molecule has 16 heavy (non-hydrogen) atoms. The van der Waals surface area contributed by atoms with Crippen molar-refractivity contribution in [2.24, 2.45) is 0 Å². The predicted octanol–water partition coefficient (Wildman–Crippen LogP) is 1.50. The Labute approximate surface area is 95.5 Å². The van der Waals surface area contributed by atoms with E-state index < -0.39 is 0 Å². The van der Waals surface area contributed by atoms with Gasteiger partial charge in [0.1, 0.15) is 5.75 Å². The first-order valence-electron chi connectivity index (χ1n) is 5.12. The van der Waals surface area contributed by atoms with Crippen LogP contribution >= 0.6 is 0 Å². The van der Waals surface area contributed by atoms with Crippen LogP contribution in [-0.4, -0.2) is 42.7 Å². The van der Waals surface area contributed by atoms with Crippen LogP contribution in [0, 0.1) is 0 Å². The van der Waals surface area contributed by atoms with E-state index in [-0.39, 0.29) is 17.7 Å². The molecule has 0 aromatic heterocycles. The Kier molecular flexibility index (Phi) is 4.31. The largest absolute Gasteiger partial charge is 0.507 e. The molecule has 0 saturated carbocycles. The first-order chi connectivity index (χ1) is 7.57. The number of likely N-dealkylation sites (N-methyl/N-ethyl adjacent to an activating group) is 1. The Bertz CT molecular complexity index is 365. The zero-order chi connectivity index (χ0) is 12.1. The number of benzene rings is 1. The van der Waals surface area contributed by atoms with E-state index in [0.29, 0.717) is 12.2 Å². The first-order valence-corrected chi connectivity index (χ1v) is 5.12. The van der Waals surface area contributed by atoms with E-state index in [4.69, 9.17) is 4.74 Å². The lowest BCUT2D eigenvalue weighted by Crippen LogP contribution is -2.37. The number of aromatic hydroxyl groups is 1. The van der Waals surface area contributed by atoms with Crippen LogP contribution in [0.15, 0.2) is 24.3 Å². The maximum atomic E-state index is 12.0. The highest BCUT2D eigenvalue weighted by atomic mass is 16.5. The number of hydrogen-bond donors (Lipinski definition) is 1. The number of nitrogens with zero attached hydrogens (tertiary/aromatic N) is 1. The van der Waals surface area contributed by atoms with Gasteiger partial charge >= 0.3 is 0 Å². The molecule has 1 aromatic carbocycles. The maximum Gasteiger partial charge on any atom is 0.257 e. The van der Waals surface area contributed by atoms with E-state index >= 15 is 0 Å². The molecule has 0 aliphatic heterocycles. The van der Waals surface area contributed by atoms with Crippen LogP contribution in [-0.2, 0) is 4.74 Å². The van der Waals surface area contributed by atoms with Crippen LogP contribution in [0.1, 0.15) is 17.3 Å². The SMILES string of the molecule is COCC(C)N(C)C(=O)c1ccccc1O. The zero-order valence-corrected chi connectivity index (χ0v) is 9.80. The highest BCUT2D eigenvalue weighted by Gasteiger charge is 2.19. The predicted molar refractivity (Wildman–Crippen MR) is 61.5 cm³/mol. The van der Waals surface area contributed by atoms with Crippen molar-refractivity contribution in [1.82, 2.24) is 4.90 Å². The average Bonchev–Trinajstić information content (AvgIpc) is 2.28. The van der Waals surface area contributed by atoms with Crippen LogP contribution in [0.2, 0.25) is 0 Å². The number of rotatable bonds is 4. The van der Waals surface area contributed by atoms with Crippen LogP contribution < -0.4 is 0 Å². The monoisotopic (exact) mass is 223 g/mol. The van der Waals surface area contributed by atoms with Gasteiger partial charge in [0.05, 0.1) is 18.2 Å². The quantitative estimate of drug-likeness (QED) is 0.841. The number of para-hydroxylation sites is 1. The van der Waals surface area contributed by atoms with Crippen molar-refractivity contribution in [2.75, 3.05) is 20.8 Å². The minimum atomic E-state index is -0.206. The second-order valence-electron chi connectivity index (χ2n) is 3.74. The highest BCUT2D eigenvalue weighted by molar-refractivity contribution is 5.96. The fourth-order valence-electron chi connectivity index (χ4n) is 1.40. The highest BCUT2D eigenvalue weighted by Crippen LogP contribution is 2.18. The number of carbonyl (C=O) groups excluding carboxylic acids is 1. The number of ether oxygens (including phenoxy) is 1. The molecule has 1 atom stereocenters. The number of hydrogen-bond acceptors (Lipinski definition) is 3. The van der Waals surface area contributed by atoms with Gasteiger partial charge in [-0.05, 0) is 19.1 Å². The van der Waals surface area contributed by atoms with Gasteiger partial charge in [0.15, 0.2) is 0 Å². The molecule has 88 valence electrons. The topological polar surface area (TPSA) is 49.8 Å². The van der Waals surface area contributed by atoms with Crippen molar-refractivity contribution in [3.05, 3.63) is 29.8 Å².